The highest BCUT2D eigenvalue weighted by atomic mass is 127. The van der Waals surface area contributed by atoms with Gasteiger partial charge in [0.1, 0.15) is 5.82 Å². The lowest BCUT2D eigenvalue weighted by Gasteiger charge is -2.37. The van der Waals surface area contributed by atoms with Crippen molar-refractivity contribution in [1.29, 1.82) is 0 Å². The number of aromatic nitrogens is 3. The van der Waals surface area contributed by atoms with Gasteiger partial charge in [-0.2, -0.15) is 5.10 Å². The van der Waals surface area contributed by atoms with E-state index >= 15 is 0 Å². The standard InChI is InChI=1S/C19H31N7O.HI/c1-4-20-19(26-11-9-25(10-12-26)14-15(2)3)21-8-7-17-22-18(24-23-17)16-6-5-13-27-16;/h5-6,13,15H,4,7-12,14H2,1-3H3,(H,20,21)(H,22,23,24);1H. The van der Waals surface area contributed by atoms with Gasteiger partial charge in [0.15, 0.2) is 11.7 Å². The minimum atomic E-state index is 0. The fourth-order valence-electron chi connectivity index (χ4n) is 3.28. The van der Waals surface area contributed by atoms with Crippen LogP contribution < -0.4 is 5.32 Å². The highest BCUT2D eigenvalue weighted by Crippen LogP contribution is 2.14. The van der Waals surface area contributed by atoms with Crippen LogP contribution in [0.1, 0.15) is 26.6 Å². The van der Waals surface area contributed by atoms with E-state index < -0.39 is 0 Å². The highest BCUT2D eigenvalue weighted by Gasteiger charge is 2.19. The summed E-state index contributed by atoms with van der Waals surface area (Å²) < 4.78 is 5.33. The van der Waals surface area contributed by atoms with E-state index in [-0.39, 0.29) is 24.0 Å². The van der Waals surface area contributed by atoms with Crippen molar-refractivity contribution in [3.8, 4) is 11.6 Å². The molecule has 0 spiro atoms. The lowest BCUT2D eigenvalue weighted by molar-refractivity contribution is 0.164. The maximum absolute atomic E-state index is 5.33. The Morgan fingerprint density at radius 3 is 2.75 bits per heavy atom. The van der Waals surface area contributed by atoms with Crippen LogP contribution in [-0.2, 0) is 6.42 Å². The molecule has 0 saturated carbocycles. The number of H-pyrrole nitrogens is 1. The van der Waals surface area contributed by atoms with E-state index in [1.807, 2.05) is 12.1 Å². The normalized spacial score (nSPS) is 15.7. The molecule has 1 aliphatic rings. The van der Waals surface area contributed by atoms with E-state index in [1.165, 1.54) is 6.54 Å². The second-order valence-corrected chi connectivity index (χ2v) is 7.25. The van der Waals surface area contributed by atoms with Crippen LogP contribution in [0.3, 0.4) is 0 Å². The number of aromatic amines is 1. The van der Waals surface area contributed by atoms with Crippen LogP contribution in [0.25, 0.3) is 11.6 Å². The first-order valence-corrected chi connectivity index (χ1v) is 9.86. The van der Waals surface area contributed by atoms with Gasteiger partial charge in [-0.3, -0.25) is 15.0 Å². The van der Waals surface area contributed by atoms with Gasteiger partial charge in [-0.05, 0) is 25.0 Å². The molecule has 9 heteroatoms. The molecule has 0 bridgehead atoms. The molecule has 1 aliphatic heterocycles. The second kappa shape index (κ2) is 11.4. The van der Waals surface area contributed by atoms with E-state index in [0.29, 0.717) is 24.0 Å². The second-order valence-electron chi connectivity index (χ2n) is 7.25. The van der Waals surface area contributed by atoms with E-state index in [0.717, 1.165) is 50.9 Å². The summed E-state index contributed by atoms with van der Waals surface area (Å²) in [5, 5.41) is 10.6. The lowest BCUT2D eigenvalue weighted by atomic mass is 10.2. The minimum Gasteiger partial charge on any atom is -0.461 e. The Labute approximate surface area is 184 Å². The number of rotatable bonds is 7. The van der Waals surface area contributed by atoms with Gasteiger partial charge in [0, 0.05) is 52.2 Å². The summed E-state index contributed by atoms with van der Waals surface area (Å²) in [6.07, 6.45) is 2.34. The molecule has 0 amide bonds. The molecule has 0 atom stereocenters. The van der Waals surface area contributed by atoms with Crippen molar-refractivity contribution in [2.75, 3.05) is 45.8 Å². The summed E-state index contributed by atoms with van der Waals surface area (Å²) in [4.78, 5) is 14.2. The van der Waals surface area contributed by atoms with Crippen molar-refractivity contribution in [1.82, 2.24) is 30.3 Å². The van der Waals surface area contributed by atoms with Crippen LogP contribution in [0.5, 0.6) is 0 Å². The van der Waals surface area contributed by atoms with Crippen LogP contribution in [0, 0.1) is 5.92 Å². The number of furan rings is 1. The average molecular weight is 501 g/mol. The number of guanidine groups is 1. The first-order valence-electron chi connectivity index (χ1n) is 9.86. The maximum atomic E-state index is 5.33. The van der Waals surface area contributed by atoms with Crippen LogP contribution >= 0.6 is 24.0 Å². The van der Waals surface area contributed by atoms with Crippen molar-refractivity contribution in [2.24, 2.45) is 10.9 Å². The third kappa shape index (κ3) is 6.47. The van der Waals surface area contributed by atoms with E-state index in [2.05, 4.69) is 51.1 Å². The molecule has 0 radical (unpaired) electrons. The van der Waals surface area contributed by atoms with E-state index in [9.17, 15) is 0 Å². The predicted octanol–water partition coefficient (Wildman–Crippen LogP) is 2.46. The maximum Gasteiger partial charge on any atom is 0.216 e. The smallest absolute Gasteiger partial charge is 0.216 e. The van der Waals surface area contributed by atoms with E-state index in [1.54, 1.807) is 6.26 Å². The Bertz CT molecular complexity index is 706. The Balaban J connectivity index is 0.00000280. The minimum absolute atomic E-state index is 0. The van der Waals surface area contributed by atoms with Gasteiger partial charge in [0.2, 0.25) is 5.82 Å². The van der Waals surface area contributed by atoms with E-state index in [4.69, 9.17) is 9.41 Å². The molecule has 0 unspecified atom stereocenters. The van der Waals surface area contributed by atoms with Gasteiger partial charge in [-0.25, -0.2) is 4.98 Å². The molecule has 2 N–H and O–H groups in total. The zero-order valence-electron chi connectivity index (χ0n) is 17.0. The number of aliphatic imine (C=N–C) groups is 1. The third-order valence-electron chi connectivity index (χ3n) is 4.51. The van der Waals surface area contributed by atoms with Gasteiger partial charge in [-0.1, -0.05) is 13.8 Å². The first-order chi connectivity index (χ1) is 13.2. The Morgan fingerprint density at radius 1 is 1.32 bits per heavy atom. The Morgan fingerprint density at radius 2 is 2.11 bits per heavy atom. The number of nitrogens with one attached hydrogen (secondary N) is 2. The van der Waals surface area contributed by atoms with Gasteiger partial charge in [-0.15, -0.1) is 24.0 Å². The summed E-state index contributed by atoms with van der Waals surface area (Å²) in [5.74, 6) is 3.79. The summed E-state index contributed by atoms with van der Waals surface area (Å²) in [5.41, 5.74) is 0. The molecule has 1 saturated heterocycles. The van der Waals surface area contributed by atoms with Crippen LogP contribution in [-0.4, -0.2) is 76.8 Å². The van der Waals surface area contributed by atoms with Gasteiger partial charge in [0.25, 0.3) is 0 Å². The quantitative estimate of drug-likeness (QED) is 0.345. The number of nitrogens with zero attached hydrogens (tertiary/aromatic N) is 5. The zero-order chi connectivity index (χ0) is 19.1. The summed E-state index contributed by atoms with van der Waals surface area (Å²) >= 11 is 0. The molecule has 3 heterocycles. The number of hydrogen-bond acceptors (Lipinski definition) is 5. The number of hydrogen-bond donors (Lipinski definition) is 2. The Hall–Kier alpha value is -1.62. The molecular weight excluding hydrogens is 469 g/mol. The molecule has 28 heavy (non-hydrogen) atoms. The van der Waals surface area contributed by atoms with Crippen molar-refractivity contribution in [2.45, 2.75) is 27.2 Å². The molecule has 156 valence electrons. The molecule has 0 aromatic carbocycles. The molecule has 2 aromatic rings. The van der Waals surface area contributed by atoms with Gasteiger partial charge < -0.3 is 14.6 Å². The van der Waals surface area contributed by atoms with Crippen LogP contribution in [0.4, 0.5) is 0 Å². The summed E-state index contributed by atoms with van der Waals surface area (Å²) in [6, 6.07) is 3.69. The largest absolute Gasteiger partial charge is 0.461 e. The zero-order valence-corrected chi connectivity index (χ0v) is 19.3. The monoisotopic (exact) mass is 501 g/mol. The highest BCUT2D eigenvalue weighted by molar-refractivity contribution is 14.0. The predicted molar refractivity (Wildman–Crippen MR) is 122 cm³/mol. The first kappa shape index (κ1) is 22.7. The molecule has 3 rings (SSSR count). The topological polar surface area (TPSA) is 85.6 Å². The number of halogens is 1. The average Bonchev–Trinajstić information content (AvgIpc) is 3.33. The van der Waals surface area contributed by atoms with Crippen LogP contribution in [0.15, 0.2) is 27.8 Å². The molecule has 8 nitrogen and oxygen atoms in total. The molecule has 2 aromatic heterocycles. The summed E-state index contributed by atoms with van der Waals surface area (Å²) in [7, 11) is 0. The fourth-order valence-corrected chi connectivity index (χ4v) is 3.28. The molecular formula is C19H32IN7O. The SMILES string of the molecule is CCNC(=NCCc1nc(-c2ccco2)n[nH]1)N1CCN(CC(C)C)CC1.I. The van der Waals surface area contributed by atoms with Crippen molar-refractivity contribution < 1.29 is 4.42 Å². The van der Waals surface area contributed by atoms with Crippen LogP contribution in [0.2, 0.25) is 0 Å². The molecule has 0 aliphatic carbocycles. The summed E-state index contributed by atoms with van der Waals surface area (Å²) in [6.45, 7) is 13.6. The Kier molecular flexibility index (Phi) is 9.23. The van der Waals surface area contributed by atoms with Crippen molar-refractivity contribution in [3.63, 3.8) is 0 Å². The van der Waals surface area contributed by atoms with Gasteiger partial charge in [0.05, 0.1) is 6.26 Å². The lowest BCUT2D eigenvalue weighted by Crippen LogP contribution is -2.53. The van der Waals surface area contributed by atoms with Crippen molar-refractivity contribution >= 4 is 29.9 Å². The van der Waals surface area contributed by atoms with Gasteiger partial charge >= 0.3 is 0 Å². The number of piperazine rings is 1. The fraction of sp³-hybridized carbons (Fsp3) is 0.632. The molecule has 1 fully saturated rings. The van der Waals surface area contributed by atoms with Crippen molar-refractivity contribution in [3.05, 3.63) is 24.2 Å². The third-order valence-corrected chi connectivity index (χ3v) is 4.51.